The second-order valence-corrected chi connectivity index (χ2v) is 6.31. The second kappa shape index (κ2) is 7.87. The predicted molar refractivity (Wildman–Crippen MR) is 101 cm³/mol. The molecule has 1 unspecified atom stereocenters. The van der Waals surface area contributed by atoms with Gasteiger partial charge < -0.3 is 15.1 Å². The Kier molecular flexibility index (Phi) is 5.37. The van der Waals surface area contributed by atoms with E-state index in [0.29, 0.717) is 5.56 Å². The summed E-state index contributed by atoms with van der Waals surface area (Å²) in [5.74, 6) is 1.21. The second-order valence-electron chi connectivity index (χ2n) is 6.31. The molecule has 3 aromatic rings. The van der Waals surface area contributed by atoms with Gasteiger partial charge in [0.2, 0.25) is 5.91 Å². The summed E-state index contributed by atoms with van der Waals surface area (Å²) >= 11 is 0. The normalized spacial score (nSPS) is 11.9. The van der Waals surface area contributed by atoms with E-state index in [1.54, 1.807) is 6.07 Å². The monoisotopic (exact) mass is 350 g/mol. The first-order valence-corrected chi connectivity index (χ1v) is 8.65. The van der Waals surface area contributed by atoms with Crippen molar-refractivity contribution in [2.75, 3.05) is 6.54 Å². The number of nitrogens with one attached hydrogen (secondary N) is 2. The van der Waals surface area contributed by atoms with Gasteiger partial charge in [0.1, 0.15) is 11.5 Å². The first-order chi connectivity index (χ1) is 12.5. The van der Waals surface area contributed by atoms with Crippen molar-refractivity contribution < 1.29 is 14.0 Å². The van der Waals surface area contributed by atoms with Crippen LogP contribution in [0.2, 0.25) is 0 Å². The van der Waals surface area contributed by atoms with E-state index in [-0.39, 0.29) is 30.8 Å². The van der Waals surface area contributed by atoms with Crippen LogP contribution < -0.4 is 10.6 Å². The predicted octanol–water partition coefficient (Wildman–Crippen LogP) is 3.74. The molecule has 0 aliphatic carbocycles. The van der Waals surface area contributed by atoms with Crippen molar-refractivity contribution in [1.82, 2.24) is 10.6 Å². The highest BCUT2D eigenvalue weighted by Crippen LogP contribution is 2.16. The Morgan fingerprint density at radius 3 is 2.54 bits per heavy atom. The first-order valence-electron chi connectivity index (χ1n) is 8.65. The highest BCUT2D eigenvalue weighted by atomic mass is 16.3. The van der Waals surface area contributed by atoms with Crippen molar-refractivity contribution in [1.29, 1.82) is 0 Å². The Balaban J connectivity index is 1.48. The minimum absolute atomic E-state index is 0.134. The van der Waals surface area contributed by atoms with Gasteiger partial charge in [0.25, 0.3) is 5.91 Å². The molecule has 0 saturated carbocycles. The number of hydrogen-bond donors (Lipinski definition) is 2. The SMILES string of the molecule is Cc1ccc(C(C)NC(=O)CCNC(=O)c2ccc3ccccc3c2)o1. The van der Waals surface area contributed by atoms with Crippen LogP contribution in [0, 0.1) is 6.92 Å². The van der Waals surface area contributed by atoms with Crippen LogP contribution in [0.15, 0.2) is 59.0 Å². The number of benzene rings is 2. The number of rotatable bonds is 6. The summed E-state index contributed by atoms with van der Waals surface area (Å²) in [5.41, 5.74) is 0.587. The molecule has 5 heteroatoms. The Hall–Kier alpha value is -3.08. The van der Waals surface area contributed by atoms with E-state index in [1.807, 2.05) is 62.4 Å². The van der Waals surface area contributed by atoms with Gasteiger partial charge in [0, 0.05) is 18.5 Å². The van der Waals surface area contributed by atoms with E-state index < -0.39 is 0 Å². The van der Waals surface area contributed by atoms with Gasteiger partial charge >= 0.3 is 0 Å². The molecule has 5 nitrogen and oxygen atoms in total. The minimum atomic E-state index is -0.201. The molecular formula is C21H22N2O3. The average Bonchev–Trinajstić information content (AvgIpc) is 3.07. The van der Waals surface area contributed by atoms with Crippen molar-refractivity contribution >= 4 is 22.6 Å². The summed E-state index contributed by atoms with van der Waals surface area (Å²) in [6, 6.07) is 17.0. The smallest absolute Gasteiger partial charge is 0.251 e. The third-order valence-electron chi connectivity index (χ3n) is 4.21. The van der Waals surface area contributed by atoms with Crippen LogP contribution in [-0.2, 0) is 4.79 Å². The van der Waals surface area contributed by atoms with E-state index in [1.165, 1.54) is 0 Å². The molecule has 134 valence electrons. The molecule has 0 aliphatic heterocycles. The number of fused-ring (bicyclic) bond motifs is 1. The Morgan fingerprint density at radius 2 is 1.81 bits per heavy atom. The lowest BCUT2D eigenvalue weighted by Gasteiger charge is -2.12. The molecule has 0 bridgehead atoms. The summed E-state index contributed by atoms with van der Waals surface area (Å²) in [7, 11) is 0. The molecule has 2 N–H and O–H groups in total. The molecule has 0 saturated heterocycles. The molecule has 0 radical (unpaired) electrons. The number of furan rings is 1. The molecule has 0 aliphatic rings. The number of aryl methyl sites for hydroxylation is 1. The van der Waals surface area contributed by atoms with Gasteiger partial charge in [0.15, 0.2) is 0 Å². The number of hydrogen-bond acceptors (Lipinski definition) is 3. The van der Waals surface area contributed by atoms with Crippen molar-refractivity contribution in [3.05, 3.63) is 71.7 Å². The van der Waals surface area contributed by atoms with E-state index in [2.05, 4.69) is 10.6 Å². The molecule has 2 aromatic carbocycles. The van der Waals surface area contributed by atoms with Gasteiger partial charge in [-0.2, -0.15) is 0 Å². The van der Waals surface area contributed by atoms with Crippen LogP contribution in [0.3, 0.4) is 0 Å². The summed E-state index contributed by atoms with van der Waals surface area (Å²) in [6.07, 6.45) is 0.212. The summed E-state index contributed by atoms with van der Waals surface area (Å²) < 4.78 is 5.50. The Morgan fingerprint density at radius 1 is 1.04 bits per heavy atom. The van der Waals surface area contributed by atoms with Crippen LogP contribution in [0.25, 0.3) is 10.8 Å². The number of carbonyl (C=O) groups is 2. The van der Waals surface area contributed by atoms with Gasteiger partial charge in [-0.3, -0.25) is 9.59 Å². The lowest BCUT2D eigenvalue weighted by molar-refractivity contribution is -0.121. The topological polar surface area (TPSA) is 71.3 Å². The lowest BCUT2D eigenvalue weighted by Crippen LogP contribution is -2.32. The quantitative estimate of drug-likeness (QED) is 0.711. The molecule has 0 spiro atoms. The Bertz CT molecular complexity index is 930. The summed E-state index contributed by atoms with van der Waals surface area (Å²) in [5, 5.41) is 7.75. The standard InChI is InChI=1S/C21H22N2O3/c1-14-7-10-19(26-14)15(2)23-20(24)11-12-22-21(25)18-9-8-16-5-3-4-6-17(16)13-18/h3-10,13,15H,11-12H2,1-2H3,(H,22,25)(H,23,24). The average molecular weight is 350 g/mol. The largest absolute Gasteiger partial charge is 0.464 e. The maximum Gasteiger partial charge on any atom is 0.251 e. The summed E-state index contributed by atoms with van der Waals surface area (Å²) in [6.45, 7) is 4.01. The molecule has 1 atom stereocenters. The van der Waals surface area contributed by atoms with E-state index in [4.69, 9.17) is 4.42 Å². The highest BCUT2D eigenvalue weighted by Gasteiger charge is 2.13. The fourth-order valence-electron chi connectivity index (χ4n) is 2.79. The maximum absolute atomic E-state index is 12.3. The fraction of sp³-hybridized carbons (Fsp3) is 0.238. The van der Waals surface area contributed by atoms with Crippen LogP contribution in [0.5, 0.6) is 0 Å². The minimum Gasteiger partial charge on any atom is -0.464 e. The number of carbonyl (C=O) groups excluding carboxylic acids is 2. The lowest BCUT2D eigenvalue weighted by atomic mass is 10.1. The molecule has 0 fully saturated rings. The molecule has 26 heavy (non-hydrogen) atoms. The van der Waals surface area contributed by atoms with Crippen LogP contribution >= 0.6 is 0 Å². The zero-order valence-electron chi connectivity index (χ0n) is 14.9. The van der Waals surface area contributed by atoms with Gasteiger partial charge in [-0.1, -0.05) is 30.3 Å². The maximum atomic E-state index is 12.3. The van der Waals surface area contributed by atoms with Crippen molar-refractivity contribution in [2.24, 2.45) is 0 Å². The van der Waals surface area contributed by atoms with Crippen LogP contribution in [0.1, 0.15) is 41.3 Å². The zero-order valence-corrected chi connectivity index (χ0v) is 14.9. The van der Waals surface area contributed by atoms with Crippen molar-refractivity contribution in [2.45, 2.75) is 26.3 Å². The third kappa shape index (κ3) is 4.30. The molecule has 3 rings (SSSR count). The van der Waals surface area contributed by atoms with Crippen molar-refractivity contribution in [3.63, 3.8) is 0 Å². The van der Waals surface area contributed by atoms with E-state index in [9.17, 15) is 9.59 Å². The van der Waals surface area contributed by atoms with Gasteiger partial charge in [-0.05, 0) is 48.9 Å². The molecule has 2 amide bonds. The first kappa shape index (κ1) is 17.7. The molecule has 1 heterocycles. The van der Waals surface area contributed by atoms with Gasteiger partial charge in [0.05, 0.1) is 6.04 Å². The zero-order chi connectivity index (χ0) is 18.5. The molecule has 1 aromatic heterocycles. The number of amides is 2. The van der Waals surface area contributed by atoms with Crippen LogP contribution in [0.4, 0.5) is 0 Å². The van der Waals surface area contributed by atoms with E-state index in [0.717, 1.165) is 22.3 Å². The fourth-order valence-corrected chi connectivity index (χ4v) is 2.79. The van der Waals surface area contributed by atoms with E-state index >= 15 is 0 Å². The Labute approximate surface area is 152 Å². The van der Waals surface area contributed by atoms with Gasteiger partial charge in [-0.15, -0.1) is 0 Å². The summed E-state index contributed by atoms with van der Waals surface area (Å²) in [4.78, 5) is 24.3. The van der Waals surface area contributed by atoms with Crippen LogP contribution in [-0.4, -0.2) is 18.4 Å². The molecular weight excluding hydrogens is 328 g/mol. The van der Waals surface area contributed by atoms with Crippen molar-refractivity contribution in [3.8, 4) is 0 Å². The third-order valence-corrected chi connectivity index (χ3v) is 4.21. The van der Waals surface area contributed by atoms with Gasteiger partial charge in [-0.25, -0.2) is 0 Å². The highest BCUT2D eigenvalue weighted by molar-refractivity contribution is 5.98.